The van der Waals surface area contributed by atoms with Crippen molar-refractivity contribution in [3.8, 4) is 0 Å². The number of benzene rings is 1. The Morgan fingerprint density at radius 1 is 1.14 bits per heavy atom. The van der Waals surface area contributed by atoms with Crippen molar-refractivity contribution >= 4 is 18.9 Å². The molecule has 0 radical (unpaired) electrons. The quantitative estimate of drug-likeness (QED) is 0.263. The fraction of sp³-hybridized carbons (Fsp3) is 0.273. The number of nitrogens with one attached hydrogen (secondary N) is 1. The number of hydrogen-bond donors (Lipinski definition) is 1. The molecule has 1 atom stereocenters. The molecule has 1 fully saturated rings. The maximum Gasteiger partial charge on any atom is 0.595 e. The summed E-state index contributed by atoms with van der Waals surface area (Å²) < 4.78 is 12.3. The molecule has 0 saturated carbocycles. The Hall–Kier alpha value is -2.70. The van der Waals surface area contributed by atoms with Gasteiger partial charge in [0, 0.05) is 11.1 Å². The molecular formula is C22H28BN3O2. The largest absolute Gasteiger partial charge is 0.595 e. The van der Waals surface area contributed by atoms with Crippen LogP contribution in [-0.4, -0.2) is 42.0 Å². The Morgan fingerprint density at radius 2 is 1.79 bits per heavy atom. The van der Waals surface area contributed by atoms with Crippen LogP contribution in [0.3, 0.4) is 0 Å². The summed E-state index contributed by atoms with van der Waals surface area (Å²) in [6.45, 7) is 17.2. The second kappa shape index (κ2) is 8.54. The Bertz CT molecular complexity index is 829. The molecule has 0 aliphatic carbocycles. The van der Waals surface area contributed by atoms with Crippen LogP contribution in [-0.2, 0) is 9.31 Å². The van der Waals surface area contributed by atoms with Gasteiger partial charge in [0.15, 0.2) is 5.84 Å². The van der Waals surface area contributed by atoms with Gasteiger partial charge in [-0.25, -0.2) is 4.99 Å². The van der Waals surface area contributed by atoms with E-state index in [2.05, 4.69) is 24.7 Å². The van der Waals surface area contributed by atoms with E-state index in [1.54, 1.807) is 29.1 Å². The summed E-state index contributed by atoms with van der Waals surface area (Å²) in [5, 5.41) is 8.39. The topological polar surface area (TPSA) is 57.9 Å². The number of aliphatic imine (C=N–C) groups is 1. The zero-order valence-corrected chi connectivity index (χ0v) is 17.1. The van der Waals surface area contributed by atoms with Gasteiger partial charge in [-0.05, 0) is 27.8 Å². The van der Waals surface area contributed by atoms with Crippen molar-refractivity contribution in [2.45, 2.75) is 32.0 Å². The summed E-state index contributed by atoms with van der Waals surface area (Å²) in [5.74, 6) is 0.626. The molecule has 1 heterocycles. The van der Waals surface area contributed by atoms with E-state index < -0.39 is 18.5 Å². The summed E-state index contributed by atoms with van der Waals surface area (Å²) >= 11 is 0. The number of amidine groups is 2. The minimum absolute atomic E-state index is 0.0735. The van der Waals surface area contributed by atoms with Gasteiger partial charge in [0.25, 0.3) is 0 Å². The van der Waals surface area contributed by atoms with E-state index in [1.165, 1.54) is 0 Å². The third kappa shape index (κ3) is 4.24. The molecule has 6 heteroatoms. The molecule has 1 aliphatic heterocycles. The van der Waals surface area contributed by atoms with E-state index in [-0.39, 0.29) is 5.84 Å². The SMILES string of the molecule is C=C/C=C(\C=C)C(=N)N=C(c1ccccc1)N(C)B1OC(C)(C)C(C)(C=C)O1. The van der Waals surface area contributed by atoms with Crippen molar-refractivity contribution in [1.29, 1.82) is 5.41 Å². The van der Waals surface area contributed by atoms with Crippen molar-refractivity contribution in [2.75, 3.05) is 7.05 Å². The summed E-state index contributed by atoms with van der Waals surface area (Å²) in [6, 6.07) is 9.63. The molecular weight excluding hydrogens is 349 g/mol. The molecule has 1 unspecified atom stereocenters. The Balaban J connectivity index is 2.46. The van der Waals surface area contributed by atoms with Crippen molar-refractivity contribution in [3.05, 3.63) is 85.5 Å². The molecule has 0 aromatic heterocycles. The zero-order valence-electron chi connectivity index (χ0n) is 17.1. The van der Waals surface area contributed by atoms with Gasteiger partial charge in [-0.2, -0.15) is 0 Å². The van der Waals surface area contributed by atoms with Gasteiger partial charge in [0.1, 0.15) is 5.84 Å². The van der Waals surface area contributed by atoms with E-state index in [0.29, 0.717) is 11.4 Å². The predicted octanol–water partition coefficient (Wildman–Crippen LogP) is 4.40. The van der Waals surface area contributed by atoms with E-state index in [0.717, 1.165) is 5.56 Å². The first-order valence-electron chi connectivity index (χ1n) is 9.09. The van der Waals surface area contributed by atoms with Gasteiger partial charge in [-0.3, -0.25) is 5.41 Å². The first kappa shape index (κ1) is 21.6. The lowest BCUT2D eigenvalue weighted by Crippen LogP contribution is -2.44. The second-order valence-electron chi connectivity index (χ2n) is 7.19. The van der Waals surface area contributed by atoms with Crippen LogP contribution in [0.5, 0.6) is 0 Å². The maximum atomic E-state index is 8.39. The monoisotopic (exact) mass is 377 g/mol. The van der Waals surface area contributed by atoms with Crippen molar-refractivity contribution in [2.24, 2.45) is 4.99 Å². The maximum absolute atomic E-state index is 8.39. The van der Waals surface area contributed by atoms with Crippen LogP contribution in [0.1, 0.15) is 26.3 Å². The van der Waals surface area contributed by atoms with Gasteiger partial charge in [-0.1, -0.05) is 67.8 Å². The highest BCUT2D eigenvalue weighted by molar-refractivity contribution is 6.47. The van der Waals surface area contributed by atoms with Gasteiger partial charge in [0.2, 0.25) is 0 Å². The number of nitrogens with zero attached hydrogens (tertiary/aromatic N) is 2. The summed E-state index contributed by atoms with van der Waals surface area (Å²) in [4.78, 5) is 6.34. The van der Waals surface area contributed by atoms with Crippen LogP contribution in [0.4, 0.5) is 0 Å². The number of rotatable bonds is 6. The lowest BCUT2D eigenvalue weighted by molar-refractivity contribution is 0.0287. The summed E-state index contributed by atoms with van der Waals surface area (Å²) in [7, 11) is 1.15. The minimum atomic E-state index is -0.680. The van der Waals surface area contributed by atoms with Gasteiger partial charge in [0.05, 0.1) is 11.2 Å². The van der Waals surface area contributed by atoms with Crippen molar-refractivity contribution < 1.29 is 9.31 Å². The first-order chi connectivity index (χ1) is 13.2. The standard InChI is InChI=1S/C22H28BN3O2/c1-8-14-17(9-2)19(24)25-20(18-15-12-11-13-16-18)26(7)23-27-21(4,5)22(6,10-3)28-23/h8-16,24H,1-3H2,4-7H3/b17-14+,24-19?,25-20?. The van der Waals surface area contributed by atoms with Crippen LogP contribution >= 0.6 is 0 Å². The van der Waals surface area contributed by atoms with Gasteiger partial charge in [-0.15, -0.1) is 6.58 Å². The average molecular weight is 377 g/mol. The van der Waals surface area contributed by atoms with E-state index in [4.69, 9.17) is 14.7 Å². The molecule has 1 saturated heterocycles. The molecule has 5 nitrogen and oxygen atoms in total. The van der Waals surface area contributed by atoms with Crippen LogP contribution < -0.4 is 0 Å². The summed E-state index contributed by atoms with van der Waals surface area (Å²) in [5.41, 5.74) is 0.184. The molecule has 1 aromatic rings. The zero-order chi connectivity index (χ0) is 20.9. The van der Waals surface area contributed by atoms with Crippen LogP contribution in [0.25, 0.3) is 0 Å². The van der Waals surface area contributed by atoms with Gasteiger partial charge >= 0.3 is 7.25 Å². The third-order valence-corrected chi connectivity index (χ3v) is 5.02. The molecule has 2 rings (SSSR count). The molecule has 0 bridgehead atoms. The number of hydrogen-bond acceptors (Lipinski definition) is 3. The molecule has 1 N–H and O–H groups in total. The average Bonchev–Trinajstić information content (AvgIpc) is 2.93. The molecule has 1 aromatic carbocycles. The number of allylic oxidation sites excluding steroid dienone is 2. The first-order valence-corrected chi connectivity index (χ1v) is 9.09. The Kier molecular flexibility index (Phi) is 6.59. The smallest absolute Gasteiger partial charge is 0.384 e. The van der Waals surface area contributed by atoms with Crippen molar-refractivity contribution in [1.82, 2.24) is 4.81 Å². The molecule has 1 aliphatic rings. The van der Waals surface area contributed by atoms with E-state index in [1.807, 2.05) is 58.2 Å². The molecule has 0 amide bonds. The highest BCUT2D eigenvalue weighted by atomic mass is 16.7. The molecule has 0 spiro atoms. The lowest BCUT2D eigenvalue weighted by Gasteiger charge is -2.32. The minimum Gasteiger partial charge on any atom is -0.384 e. The van der Waals surface area contributed by atoms with Crippen LogP contribution in [0.2, 0.25) is 0 Å². The Morgan fingerprint density at radius 3 is 2.29 bits per heavy atom. The van der Waals surface area contributed by atoms with E-state index >= 15 is 0 Å². The van der Waals surface area contributed by atoms with Crippen LogP contribution in [0.15, 0.2) is 84.9 Å². The molecule has 146 valence electrons. The second-order valence-corrected chi connectivity index (χ2v) is 7.19. The lowest BCUT2D eigenvalue weighted by atomic mass is 9.88. The van der Waals surface area contributed by atoms with E-state index in [9.17, 15) is 0 Å². The fourth-order valence-electron chi connectivity index (χ4n) is 2.77. The Labute approximate surface area is 168 Å². The normalized spacial score (nSPS) is 21.9. The highest BCUT2D eigenvalue weighted by Gasteiger charge is 2.55. The molecule has 28 heavy (non-hydrogen) atoms. The summed E-state index contributed by atoms with van der Waals surface area (Å²) in [6.07, 6.45) is 6.64. The van der Waals surface area contributed by atoms with Crippen LogP contribution in [0, 0.1) is 5.41 Å². The highest BCUT2D eigenvalue weighted by Crippen LogP contribution is 2.38. The third-order valence-electron chi connectivity index (χ3n) is 5.02. The fourth-order valence-corrected chi connectivity index (χ4v) is 2.77. The predicted molar refractivity (Wildman–Crippen MR) is 118 cm³/mol. The van der Waals surface area contributed by atoms with Gasteiger partial charge < -0.3 is 14.1 Å². The van der Waals surface area contributed by atoms with Crippen molar-refractivity contribution in [3.63, 3.8) is 0 Å².